The normalized spacial score (nSPS) is 27.9. The predicted octanol–water partition coefficient (Wildman–Crippen LogP) is 3.65. The van der Waals surface area contributed by atoms with Crippen LogP contribution >= 0.6 is 0 Å². The molecule has 1 aliphatic carbocycles. The number of ketones is 1. The first kappa shape index (κ1) is 14.0. The van der Waals surface area contributed by atoms with E-state index in [4.69, 9.17) is 0 Å². The molecule has 0 aromatic rings. The Kier molecular flexibility index (Phi) is 5.68. The van der Waals surface area contributed by atoms with Crippen molar-refractivity contribution in [1.82, 2.24) is 4.90 Å². The summed E-state index contributed by atoms with van der Waals surface area (Å²) in [5.74, 6) is 1.83. The van der Waals surface area contributed by atoms with E-state index in [0.717, 1.165) is 38.4 Å². The quantitative estimate of drug-likeness (QED) is 0.760. The van der Waals surface area contributed by atoms with Crippen LogP contribution in [0.15, 0.2) is 0 Å². The van der Waals surface area contributed by atoms with Crippen molar-refractivity contribution in [3.63, 3.8) is 0 Å². The molecule has 18 heavy (non-hydrogen) atoms. The van der Waals surface area contributed by atoms with Gasteiger partial charge in [-0.25, -0.2) is 0 Å². The van der Waals surface area contributed by atoms with E-state index in [9.17, 15) is 4.79 Å². The number of carbonyl (C=O) groups excluding carboxylic acids is 1. The minimum atomic E-state index is 0.393. The summed E-state index contributed by atoms with van der Waals surface area (Å²) in [6.45, 7) is 5.33. The van der Waals surface area contributed by atoms with Crippen LogP contribution < -0.4 is 0 Å². The highest BCUT2D eigenvalue weighted by molar-refractivity contribution is 5.83. The molecule has 2 fully saturated rings. The molecular weight excluding hydrogens is 222 g/mol. The van der Waals surface area contributed by atoms with Crippen LogP contribution in [0.5, 0.6) is 0 Å². The summed E-state index contributed by atoms with van der Waals surface area (Å²) in [4.78, 5) is 14.7. The smallest absolute Gasteiger partial charge is 0.149 e. The van der Waals surface area contributed by atoms with Gasteiger partial charge in [-0.3, -0.25) is 9.69 Å². The molecule has 1 heterocycles. The van der Waals surface area contributed by atoms with E-state index >= 15 is 0 Å². The molecule has 1 aliphatic heterocycles. The Bertz CT molecular complexity index is 258. The molecule has 1 saturated heterocycles. The van der Waals surface area contributed by atoms with Gasteiger partial charge in [0.05, 0.1) is 6.54 Å². The summed E-state index contributed by atoms with van der Waals surface area (Å²) in [6, 6.07) is 0. The zero-order valence-corrected chi connectivity index (χ0v) is 12.0. The standard InChI is InChI=1S/C16H29NO/c1-2-14-7-6-11-17(12-10-14)13-16(18)15-8-4-3-5-9-15/h14-15H,2-13H2,1H3. The Labute approximate surface area is 112 Å². The third kappa shape index (κ3) is 4.08. The van der Waals surface area contributed by atoms with Gasteiger partial charge in [0.15, 0.2) is 0 Å². The van der Waals surface area contributed by atoms with Crippen molar-refractivity contribution in [2.45, 2.75) is 64.7 Å². The fourth-order valence-electron chi connectivity index (χ4n) is 3.57. The second kappa shape index (κ2) is 7.28. The van der Waals surface area contributed by atoms with Crippen molar-refractivity contribution >= 4 is 5.78 Å². The van der Waals surface area contributed by atoms with Crippen molar-refractivity contribution in [2.24, 2.45) is 11.8 Å². The number of rotatable bonds is 4. The van der Waals surface area contributed by atoms with E-state index in [0.29, 0.717) is 11.7 Å². The van der Waals surface area contributed by atoms with Gasteiger partial charge in [-0.15, -0.1) is 0 Å². The summed E-state index contributed by atoms with van der Waals surface area (Å²) in [7, 11) is 0. The molecule has 1 atom stereocenters. The third-order valence-corrected chi connectivity index (χ3v) is 4.96. The Hall–Kier alpha value is -0.370. The predicted molar refractivity (Wildman–Crippen MR) is 75.7 cm³/mol. The third-order valence-electron chi connectivity index (χ3n) is 4.96. The average Bonchev–Trinajstić information content (AvgIpc) is 2.65. The number of hydrogen-bond donors (Lipinski definition) is 0. The first-order valence-electron chi connectivity index (χ1n) is 8.04. The zero-order chi connectivity index (χ0) is 12.8. The summed E-state index contributed by atoms with van der Waals surface area (Å²) in [5.41, 5.74) is 0. The second-order valence-corrected chi connectivity index (χ2v) is 6.28. The highest BCUT2D eigenvalue weighted by atomic mass is 16.1. The van der Waals surface area contributed by atoms with E-state index in [2.05, 4.69) is 11.8 Å². The summed E-state index contributed by atoms with van der Waals surface area (Å²) in [6.07, 6.45) is 11.5. The lowest BCUT2D eigenvalue weighted by Crippen LogP contribution is -2.34. The van der Waals surface area contributed by atoms with Gasteiger partial charge < -0.3 is 0 Å². The zero-order valence-electron chi connectivity index (χ0n) is 12.0. The van der Waals surface area contributed by atoms with Crippen molar-refractivity contribution in [1.29, 1.82) is 0 Å². The Morgan fingerprint density at radius 1 is 1.00 bits per heavy atom. The molecule has 104 valence electrons. The monoisotopic (exact) mass is 251 g/mol. The first-order valence-corrected chi connectivity index (χ1v) is 8.04. The van der Waals surface area contributed by atoms with E-state index in [-0.39, 0.29) is 0 Å². The molecule has 0 radical (unpaired) electrons. The van der Waals surface area contributed by atoms with Crippen LogP contribution in [-0.2, 0) is 4.79 Å². The lowest BCUT2D eigenvalue weighted by molar-refractivity contribution is -0.124. The molecule has 1 unspecified atom stereocenters. The van der Waals surface area contributed by atoms with Gasteiger partial charge >= 0.3 is 0 Å². The molecular formula is C16H29NO. The van der Waals surface area contributed by atoms with Gasteiger partial charge in [0.2, 0.25) is 0 Å². The van der Waals surface area contributed by atoms with Crippen molar-refractivity contribution in [3.05, 3.63) is 0 Å². The molecule has 2 rings (SSSR count). The molecule has 0 N–H and O–H groups in total. The molecule has 0 aromatic heterocycles. The molecule has 1 saturated carbocycles. The van der Waals surface area contributed by atoms with Crippen LogP contribution in [0.3, 0.4) is 0 Å². The lowest BCUT2D eigenvalue weighted by atomic mass is 9.86. The largest absolute Gasteiger partial charge is 0.298 e. The molecule has 2 aliphatic rings. The Morgan fingerprint density at radius 2 is 1.78 bits per heavy atom. The van der Waals surface area contributed by atoms with Crippen LogP contribution in [0.25, 0.3) is 0 Å². The van der Waals surface area contributed by atoms with Crippen LogP contribution in [0, 0.1) is 11.8 Å². The van der Waals surface area contributed by atoms with Gasteiger partial charge in [-0.1, -0.05) is 32.6 Å². The fraction of sp³-hybridized carbons (Fsp3) is 0.938. The van der Waals surface area contributed by atoms with E-state index < -0.39 is 0 Å². The Balaban J connectivity index is 1.76. The lowest BCUT2D eigenvalue weighted by Gasteiger charge is -2.25. The second-order valence-electron chi connectivity index (χ2n) is 6.28. The Morgan fingerprint density at radius 3 is 2.50 bits per heavy atom. The van der Waals surface area contributed by atoms with Crippen molar-refractivity contribution in [2.75, 3.05) is 19.6 Å². The van der Waals surface area contributed by atoms with Gasteiger partial charge in [0.1, 0.15) is 5.78 Å². The number of Topliss-reactive ketones (excluding diaryl/α,β-unsaturated/α-hetero) is 1. The molecule has 0 bridgehead atoms. The maximum absolute atomic E-state index is 12.3. The summed E-state index contributed by atoms with van der Waals surface area (Å²) >= 11 is 0. The number of nitrogens with zero attached hydrogens (tertiary/aromatic N) is 1. The van der Waals surface area contributed by atoms with E-state index in [1.54, 1.807) is 0 Å². The molecule has 0 amide bonds. The van der Waals surface area contributed by atoms with Crippen molar-refractivity contribution < 1.29 is 4.79 Å². The number of likely N-dealkylation sites (tertiary alicyclic amines) is 1. The first-order chi connectivity index (χ1) is 8.79. The minimum absolute atomic E-state index is 0.393. The van der Waals surface area contributed by atoms with Crippen LogP contribution in [0.4, 0.5) is 0 Å². The summed E-state index contributed by atoms with van der Waals surface area (Å²) in [5, 5.41) is 0. The van der Waals surface area contributed by atoms with Gasteiger partial charge in [-0.2, -0.15) is 0 Å². The van der Waals surface area contributed by atoms with E-state index in [1.165, 1.54) is 44.9 Å². The van der Waals surface area contributed by atoms with Crippen LogP contribution in [-0.4, -0.2) is 30.3 Å². The number of carbonyl (C=O) groups is 1. The topological polar surface area (TPSA) is 20.3 Å². The SMILES string of the molecule is CCC1CCCN(CC(=O)C2CCCCC2)CC1. The maximum Gasteiger partial charge on any atom is 0.149 e. The minimum Gasteiger partial charge on any atom is -0.298 e. The fourth-order valence-corrected chi connectivity index (χ4v) is 3.57. The molecule has 2 nitrogen and oxygen atoms in total. The van der Waals surface area contributed by atoms with Gasteiger partial charge in [-0.05, 0) is 51.1 Å². The summed E-state index contributed by atoms with van der Waals surface area (Å²) < 4.78 is 0. The van der Waals surface area contributed by atoms with Gasteiger partial charge in [0, 0.05) is 5.92 Å². The highest BCUT2D eigenvalue weighted by Gasteiger charge is 2.24. The van der Waals surface area contributed by atoms with E-state index in [1.807, 2.05) is 0 Å². The molecule has 2 heteroatoms. The van der Waals surface area contributed by atoms with Crippen LogP contribution in [0.2, 0.25) is 0 Å². The van der Waals surface area contributed by atoms with Crippen LogP contribution in [0.1, 0.15) is 64.7 Å². The van der Waals surface area contributed by atoms with Crippen molar-refractivity contribution in [3.8, 4) is 0 Å². The van der Waals surface area contributed by atoms with Gasteiger partial charge in [0.25, 0.3) is 0 Å². The highest BCUT2D eigenvalue weighted by Crippen LogP contribution is 2.25. The maximum atomic E-state index is 12.3. The average molecular weight is 251 g/mol. The molecule has 0 spiro atoms. The number of hydrogen-bond acceptors (Lipinski definition) is 2. The molecule has 0 aromatic carbocycles.